The van der Waals surface area contributed by atoms with Gasteiger partial charge in [0.05, 0.1) is 11.0 Å². The topological polar surface area (TPSA) is 56.7 Å². The molecule has 0 aliphatic carbocycles. The maximum Gasteiger partial charge on any atom is 0.238 e. The molecular weight excluding hydrogens is 789 g/mol. The second-order valence-electron chi connectivity index (χ2n) is 16.0. The Morgan fingerprint density at radius 2 is 1.02 bits per heavy atom. The molecule has 0 fully saturated rings. The van der Waals surface area contributed by atoms with Crippen LogP contribution in [0.5, 0.6) is 0 Å². The van der Waals surface area contributed by atoms with E-state index in [4.69, 9.17) is 19.4 Å². The Bertz CT molecular complexity index is 3910. The summed E-state index contributed by atoms with van der Waals surface area (Å²) in [5.74, 6) is 1.73. The van der Waals surface area contributed by atoms with Gasteiger partial charge in [-0.3, -0.25) is 4.57 Å². The molecular formula is C57H34N4OS. The Balaban J connectivity index is 1.04. The van der Waals surface area contributed by atoms with E-state index in [2.05, 4.69) is 187 Å². The zero-order valence-corrected chi connectivity index (χ0v) is 34.6. The first-order valence-corrected chi connectivity index (χ1v) is 21.9. The highest BCUT2D eigenvalue weighted by atomic mass is 32.1. The number of hydrogen-bond donors (Lipinski definition) is 0. The van der Waals surface area contributed by atoms with Crippen LogP contribution in [0.25, 0.3) is 126 Å². The molecule has 6 heteroatoms. The predicted octanol–water partition coefficient (Wildman–Crippen LogP) is 15.6. The molecule has 13 rings (SSSR count). The second kappa shape index (κ2) is 14.2. The third-order valence-electron chi connectivity index (χ3n) is 12.3. The first kappa shape index (κ1) is 35.6. The highest BCUT2D eigenvalue weighted by Gasteiger charge is 2.21. The molecule has 0 saturated carbocycles. The van der Waals surface area contributed by atoms with Gasteiger partial charge in [-0.15, -0.1) is 11.3 Å². The summed E-state index contributed by atoms with van der Waals surface area (Å²) in [6.45, 7) is 0. The zero-order valence-electron chi connectivity index (χ0n) is 33.7. The number of para-hydroxylation sites is 1. The minimum atomic E-state index is 0.554. The first-order chi connectivity index (χ1) is 31.2. The normalized spacial score (nSPS) is 11.8. The lowest BCUT2D eigenvalue weighted by molar-refractivity contribution is 0.669. The van der Waals surface area contributed by atoms with E-state index in [0.717, 1.165) is 77.1 Å². The Morgan fingerprint density at radius 1 is 0.365 bits per heavy atom. The lowest BCUT2D eigenvalue weighted by Crippen LogP contribution is -2.06. The van der Waals surface area contributed by atoms with Crippen LogP contribution in [-0.2, 0) is 0 Å². The van der Waals surface area contributed by atoms with E-state index in [1.807, 2.05) is 35.6 Å². The molecule has 0 amide bonds. The summed E-state index contributed by atoms with van der Waals surface area (Å²) in [7, 11) is 0. The van der Waals surface area contributed by atoms with Gasteiger partial charge in [0.2, 0.25) is 5.95 Å². The van der Waals surface area contributed by atoms with E-state index in [1.54, 1.807) is 0 Å². The molecule has 5 nitrogen and oxygen atoms in total. The molecule has 4 aromatic heterocycles. The molecule has 63 heavy (non-hydrogen) atoms. The van der Waals surface area contributed by atoms with Crippen molar-refractivity contribution in [3.8, 4) is 62.1 Å². The molecule has 0 atom stereocenters. The van der Waals surface area contributed by atoms with Gasteiger partial charge in [0.25, 0.3) is 0 Å². The number of rotatable bonds is 6. The quantitative estimate of drug-likeness (QED) is 0.168. The lowest BCUT2D eigenvalue weighted by atomic mass is 9.93. The standard InChI is InChI=1S/C57H34N4OS/c1-4-15-35(16-5-1)38-27-29-43-42-21-10-12-24-48(42)61(49(43)34-38)57-59-55(37-19-8-3-9-20-37)58-56(60-57)39-28-30-50-47(31-39)53-41(23-14-25-51(53)62-50)40-32-45(36-17-6-2-7-18-36)54-46(33-40)44-22-11-13-26-52(44)63-54/h1-34H. The Kier molecular flexibility index (Phi) is 8.01. The van der Waals surface area contributed by atoms with Gasteiger partial charge in [-0.05, 0) is 82.4 Å². The van der Waals surface area contributed by atoms with Gasteiger partial charge in [-0.1, -0.05) is 152 Å². The molecule has 0 N–H and O–H groups in total. The number of furan rings is 1. The van der Waals surface area contributed by atoms with Crippen molar-refractivity contribution < 1.29 is 4.42 Å². The molecule has 0 unspecified atom stereocenters. The van der Waals surface area contributed by atoms with Gasteiger partial charge in [0.15, 0.2) is 11.6 Å². The molecule has 0 bridgehead atoms. The molecule has 0 saturated heterocycles. The van der Waals surface area contributed by atoms with Crippen LogP contribution in [0.15, 0.2) is 211 Å². The van der Waals surface area contributed by atoms with Crippen molar-refractivity contribution in [1.29, 1.82) is 0 Å². The Hall–Kier alpha value is -8.19. The molecule has 294 valence electrons. The molecule has 0 aliphatic heterocycles. The number of thiophene rings is 1. The molecule has 13 aromatic rings. The summed E-state index contributed by atoms with van der Waals surface area (Å²) in [5, 5.41) is 6.85. The van der Waals surface area contributed by atoms with E-state index in [9.17, 15) is 0 Å². The van der Waals surface area contributed by atoms with E-state index >= 15 is 0 Å². The van der Waals surface area contributed by atoms with E-state index < -0.39 is 0 Å². The maximum atomic E-state index is 6.63. The minimum absolute atomic E-state index is 0.554. The zero-order chi connectivity index (χ0) is 41.4. The summed E-state index contributed by atoms with van der Waals surface area (Å²) < 4.78 is 11.4. The van der Waals surface area contributed by atoms with Crippen LogP contribution in [0.4, 0.5) is 0 Å². The summed E-state index contributed by atoms with van der Waals surface area (Å²) in [6, 6.07) is 72.7. The van der Waals surface area contributed by atoms with Gasteiger partial charge in [0.1, 0.15) is 11.2 Å². The Morgan fingerprint density at radius 3 is 1.83 bits per heavy atom. The van der Waals surface area contributed by atoms with Crippen LogP contribution in [0.1, 0.15) is 0 Å². The van der Waals surface area contributed by atoms with Crippen molar-refractivity contribution in [1.82, 2.24) is 19.5 Å². The van der Waals surface area contributed by atoms with Crippen LogP contribution in [-0.4, -0.2) is 19.5 Å². The number of benzene rings is 9. The van der Waals surface area contributed by atoms with Crippen LogP contribution in [0, 0.1) is 0 Å². The molecule has 4 heterocycles. The SMILES string of the molecule is c1ccc(-c2ccc3c4ccccc4n(-c4nc(-c5ccccc5)nc(-c5ccc6oc7cccc(-c8cc(-c9ccccc9)c9sc%10ccccc%10c9c8)c7c6c5)n4)c3c2)cc1. The number of aromatic nitrogens is 4. The monoisotopic (exact) mass is 822 g/mol. The van der Waals surface area contributed by atoms with E-state index in [1.165, 1.54) is 31.3 Å². The van der Waals surface area contributed by atoms with Gasteiger partial charge < -0.3 is 4.42 Å². The summed E-state index contributed by atoms with van der Waals surface area (Å²) in [5.41, 5.74) is 12.4. The summed E-state index contributed by atoms with van der Waals surface area (Å²) >= 11 is 1.86. The highest BCUT2D eigenvalue weighted by molar-refractivity contribution is 7.26. The van der Waals surface area contributed by atoms with Crippen LogP contribution in [0.3, 0.4) is 0 Å². The molecule has 0 spiro atoms. The second-order valence-corrected chi connectivity index (χ2v) is 17.0. The smallest absolute Gasteiger partial charge is 0.238 e. The third-order valence-corrected chi connectivity index (χ3v) is 13.5. The predicted molar refractivity (Wildman–Crippen MR) is 262 cm³/mol. The fourth-order valence-corrected chi connectivity index (χ4v) is 10.5. The summed E-state index contributed by atoms with van der Waals surface area (Å²) in [4.78, 5) is 15.8. The van der Waals surface area contributed by atoms with Gasteiger partial charge >= 0.3 is 0 Å². The highest BCUT2D eigenvalue weighted by Crippen LogP contribution is 2.45. The van der Waals surface area contributed by atoms with Crippen molar-refractivity contribution in [3.05, 3.63) is 206 Å². The lowest BCUT2D eigenvalue weighted by Gasteiger charge is -2.12. The van der Waals surface area contributed by atoms with Gasteiger partial charge in [-0.25, -0.2) is 4.98 Å². The first-order valence-electron chi connectivity index (χ1n) is 21.1. The average molecular weight is 823 g/mol. The Labute approximate surface area is 365 Å². The summed E-state index contributed by atoms with van der Waals surface area (Å²) in [6.07, 6.45) is 0. The molecule has 0 aliphatic rings. The van der Waals surface area contributed by atoms with Gasteiger partial charge in [0, 0.05) is 58.4 Å². The third kappa shape index (κ3) is 5.80. The van der Waals surface area contributed by atoms with E-state index in [-0.39, 0.29) is 0 Å². The minimum Gasteiger partial charge on any atom is -0.456 e. The molecule has 9 aromatic carbocycles. The van der Waals surface area contributed by atoms with Crippen molar-refractivity contribution in [3.63, 3.8) is 0 Å². The fourth-order valence-electron chi connectivity index (χ4n) is 9.33. The van der Waals surface area contributed by atoms with Crippen LogP contribution < -0.4 is 0 Å². The van der Waals surface area contributed by atoms with E-state index in [0.29, 0.717) is 17.6 Å². The largest absolute Gasteiger partial charge is 0.456 e. The number of fused-ring (bicyclic) bond motifs is 9. The fraction of sp³-hybridized carbons (Fsp3) is 0. The molecule has 0 radical (unpaired) electrons. The average Bonchev–Trinajstić information content (AvgIpc) is 4.03. The van der Waals surface area contributed by atoms with Gasteiger partial charge in [-0.2, -0.15) is 9.97 Å². The van der Waals surface area contributed by atoms with Crippen LogP contribution in [0.2, 0.25) is 0 Å². The van der Waals surface area contributed by atoms with Crippen molar-refractivity contribution >= 4 is 75.3 Å². The van der Waals surface area contributed by atoms with Crippen molar-refractivity contribution in [2.75, 3.05) is 0 Å². The van der Waals surface area contributed by atoms with Crippen molar-refractivity contribution in [2.45, 2.75) is 0 Å². The maximum absolute atomic E-state index is 6.63. The van der Waals surface area contributed by atoms with Crippen LogP contribution >= 0.6 is 11.3 Å². The number of hydrogen-bond acceptors (Lipinski definition) is 5. The number of nitrogens with zero attached hydrogens (tertiary/aromatic N) is 4. The van der Waals surface area contributed by atoms with Crippen molar-refractivity contribution in [2.24, 2.45) is 0 Å².